The maximum atomic E-state index is 13.6. The van der Waals surface area contributed by atoms with Crippen LogP contribution in [-0.2, 0) is 20.8 Å². The van der Waals surface area contributed by atoms with E-state index >= 15 is 0 Å². The topological polar surface area (TPSA) is 164 Å². The van der Waals surface area contributed by atoms with Crippen molar-refractivity contribution in [3.63, 3.8) is 0 Å². The normalized spacial score (nSPS) is 20.5. The quantitative estimate of drug-likeness (QED) is 0.160. The summed E-state index contributed by atoms with van der Waals surface area (Å²) in [5.74, 6) is -1.05. The van der Waals surface area contributed by atoms with Gasteiger partial charge in [-0.2, -0.15) is 0 Å². The predicted octanol–water partition coefficient (Wildman–Crippen LogP) is 1.33. The molecule has 4 rings (SSSR count). The van der Waals surface area contributed by atoms with E-state index in [0.29, 0.717) is 50.2 Å². The van der Waals surface area contributed by atoms with E-state index in [9.17, 15) is 19.2 Å². The number of guanidine groups is 1. The lowest BCUT2D eigenvalue weighted by Crippen LogP contribution is -2.62. The van der Waals surface area contributed by atoms with Gasteiger partial charge in [0.2, 0.25) is 23.5 Å². The van der Waals surface area contributed by atoms with Crippen molar-refractivity contribution in [2.75, 3.05) is 19.6 Å². The number of hydrogen-bond donors (Lipinski definition) is 3. The Morgan fingerprint density at radius 3 is 2.65 bits per heavy atom. The fourth-order valence-electron chi connectivity index (χ4n) is 5.52. The Morgan fingerprint density at radius 2 is 1.98 bits per heavy atom. The first-order valence-corrected chi connectivity index (χ1v) is 14.4. The number of aromatic nitrogens is 1. The number of aliphatic imine (C=N–C) groups is 1. The molecule has 0 spiro atoms. The van der Waals surface area contributed by atoms with Gasteiger partial charge in [0.05, 0.1) is 18.6 Å². The zero-order valence-electron chi connectivity index (χ0n) is 22.9. The predicted molar refractivity (Wildman–Crippen MR) is 152 cm³/mol. The molecule has 2 saturated heterocycles. The molecule has 1 aromatic heterocycles. The number of benzene rings is 1. The van der Waals surface area contributed by atoms with E-state index in [1.807, 2.05) is 44.2 Å². The maximum Gasteiger partial charge on any atom is 0.243 e. The largest absolute Gasteiger partial charge is 0.370 e. The van der Waals surface area contributed by atoms with Crippen LogP contribution in [0.25, 0.3) is 0 Å². The first-order chi connectivity index (χ1) is 19.1. The number of hydrogen-bond acceptors (Lipinski definition) is 7. The van der Waals surface area contributed by atoms with E-state index in [1.54, 1.807) is 21.4 Å². The Kier molecular flexibility index (Phi) is 9.18. The zero-order valence-corrected chi connectivity index (χ0v) is 23.7. The van der Waals surface area contributed by atoms with Gasteiger partial charge < -0.3 is 26.6 Å². The molecular formula is C28H37N7O4S. The van der Waals surface area contributed by atoms with Gasteiger partial charge in [-0.05, 0) is 36.7 Å². The molecule has 3 atom stereocenters. The van der Waals surface area contributed by atoms with Crippen molar-refractivity contribution < 1.29 is 19.2 Å². The van der Waals surface area contributed by atoms with Gasteiger partial charge in [-0.25, -0.2) is 4.98 Å². The fraction of sp³-hybridized carbons (Fsp3) is 0.500. The molecule has 11 nitrogen and oxygen atoms in total. The summed E-state index contributed by atoms with van der Waals surface area (Å²) in [6.07, 6.45) is 3.67. The highest BCUT2D eigenvalue weighted by Gasteiger charge is 2.54. The Labute approximate surface area is 238 Å². The SMILES string of the molecule is CC1(C)CC(C(=O)NC(CCCN=C(N)N)C(=O)c2nccs2)N2C(=O)CN(C(=O)CCc3ccccc3)CC21. The third-order valence-electron chi connectivity index (χ3n) is 7.65. The number of amides is 3. The first kappa shape index (κ1) is 29.2. The number of Topliss-reactive ketones (excluding diaryl/α,β-unsaturated/α-hetero) is 1. The molecule has 0 bridgehead atoms. The highest BCUT2D eigenvalue weighted by atomic mass is 32.1. The molecule has 3 amide bonds. The average Bonchev–Trinajstić information content (AvgIpc) is 3.56. The number of carbonyl (C=O) groups is 4. The van der Waals surface area contributed by atoms with E-state index in [0.717, 1.165) is 5.56 Å². The summed E-state index contributed by atoms with van der Waals surface area (Å²) in [5.41, 5.74) is 11.5. The van der Waals surface area contributed by atoms with Crippen molar-refractivity contribution in [2.45, 2.75) is 64.1 Å². The minimum Gasteiger partial charge on any atom is -0.370 e. The van der Waals surface area contributed by atoms with Crippen LogP contribution in [0.1, 0.15) is 54.9 Å². The molecule has 5 N–H and O–H groups in total. The highest BCUT2D eigenvalue weighted by Crippen LogP contribution is 2.42. The van der Waals surface area contributed by atoms with Crippen LogP contribution in [0.2, 0.25) is 0 Å². The standard InChI is InChI=1S/C28H37N7O4S/c1-28(2)15-20(25(39)33-19(9-6-12-32-27(29)30)24(38)26-31-13-14-40-26)35-21(28)16-34(17-23(35)37)22(36)11-10-18-7-4-3-5-8-18/h3-5,7-8,13-14,19-21H,6,9-12,15-17H2,1-2H3,(H,33,39)(H4,29,30,32). The lowest BCUT2D eigenvalue weighted by molar-refractivity contribution is -0.152. The summed E-state index contributed by atoms with van der Waals surface area (Å²) in [5, 5.41) is 4.90. The van der Waals surface area contributed by atoms with Crippen LogP contribution >= 0.6 is 11.3 Å². The number of carbonyl (C=O) groups excluding carboxylic acids is 4. The van der Waals surface area contributed by atoms with Gasteiger partial charge in [0, 0.05) is 31.1 Å². The van der Waals surface area contributed by atoms with Gasteiger partial charge in [-0.15, -0.1) is 11.3 Å². The number of nitrogens with one attached hydrogen (secondary N) is 1. The van der Waals surface area contributed by atoms with Gasteiger partial charge in [0.25, 0.3) is 0 Å². The molecule has 0 aliphatic carbocycles. The van der Waals surface area contributed by atoms with E-state index in [1.165, 1.54) is 11.3 Å². The molecule has 2 aliphatic rings. The number of fused-ring (bicyclic) bond motifs is 1. The summed E-state index contributed by atoms with van der Waals surface area (Å²) in [4.78, 5) is 64.5. The second kappa shape index (κ2) is 12.6. The molecule has 214 valence electrons. The molecule has 12 heteroatoms. The van der Waals surface area contributed by atoms with Gasteiger partial charge in [-0.3, -0.25) is 24.2 Å². The smallest absolute Gasteiger partial charge is 0.243 e. The second-order valence-corrected chi connectivity index (χ2v) is 11.9. The second-order valence-electron chi connectivity index (χ2n) is 11.0. The van der Waals surface area contributed by atoms with Crippen molar-refractivity contribution >= 4 is 40.8 Å². The van der Waals surface area contributed by atoms with E-state index in [4.69, 9.17) is 11.5 Å². The van der Waals surface area contributed by atoms with Crippen molar-refractivity contribution in [3.05, 3.63) is 52.5 Å². The lowest BCUT2D eigenvalue weighted by Gasteiger charge is -2.42. The average molecular weight is 568 g/mol. The summed E-state index contributed by atoms with van der Waals surface area (Å²) in [6.45, 7) is 4.64. The monoisotopic (exact) mass is 567 g/mol. The number of ketones is 1. The lowest BCUT2D eigenvalue weighted by atomic mass is 9.82. The van der Waals surface area contributed by atoms with Crippen LogP contribution in [0.5, 0.6) is 0 Å². The van der Waals surface area contributed by atoms with Gasteiger partial charge in [0.15, 0.2) is 11.0 Å². The van der Waals surface area contributed by atoms with Crippen LogP contribution in [0, 0.1) is 5.41 Å². The third kappa shape index (κ3) is 6.85. The third-order valence-corrected chi connectivity index (χ3v) is 8.44. The molecule has 2 aromatic rings. The minimum absolute atomic E-state index is 0.0396. The van der Waals surface area contributed by atoms with Gasteiger partial charge >= 0.3 is 0 Å². The van der Waals surface area contributed by atoms with Crippen LogP contribution in [0.3, 0.4) is 0 Å². The Balaban J connectivity index is 1.43. The summed E-state index contributed by atoms with van der Waals surface area (Å²) >= 11 is 1.21. The number of piperazine rings is 1. The number of nitrogens with zero attached hydrogens (tertiary/aromatic N) is 4. The van der Waals surface area contributed by atoms with Crippen LogP contribution in [-0.4, -0.2) is 82.0 Å². The molecule has 1 aromatic carbocycles. The van der Waals surface area contributed by atoms with Crippen LogP contribution < -0.4 is 16.8 Å². The van der Waals surface area contributed by atoms with Crippen molar-refractivity contribution in [3.8, 4) is 0 Å². The Bertz CT molecular complexity index is 1240. The molecule has 40 heavy (non-hydrogen) atoms. The first-order valence-electron chi connectivity index (χ1n) is 13.5. The van der Waals surface area contributed by atoms with E-state index in [-0.39, 0.29) is 42.1 Å². The van der Waals surface area contributed by atoms with E-state index < -0.39 is 17.5 Å². The molecule has 3 heterocycles. The summed E-state index contributed by atoms with van der Waals surface area (Å²) in [6, 6.07) is 7.90. The zero-order chi connectivity index (χ0) is 28.9. The maximum absolute atomic E-state index is 13.6. The molecule has 2 fully saturated rings. The Hall–Kier alpha value is -3.80. The number of thiazole rings is 1. The van der Waals surface area contributed by atoms with Crippen molar-refractivity contribution in [1.29, 1.82) is 0 Å². The number of nitrogens with two attached hydrogens (primary N) is 2. The fourth-order valence-corrected chi connectivity index (χ4v) is 6.16. The van der Waals surface area contributed by atoms with Crippen LogP contribution in [0.15, 0.2) is 46.9 Å². The van der Waals surface area contributed by atoms with Crippen LogP contribution in [0.4, 0.5) is 0 Å². The summed E-state index contributed by atoms with van der Waals surface area (Å²) in [7, 11) is 0. The minimum atomic E-state index is -0.828. The van der Waals surface area contributed by atoms with Crippen molar-refractivity contribution in [1.82, 2.24) is 20.1 Å². The number of rotatable bonds is 11. The van der Waals surface area contributed by atoms with Gasteiger partial charge in [-0.1, -0.05) is 44.2 Å². The molecular weight excluding hydrogens is 530 g/mol. The summed E-state index contributed by atoms with van der Waals surface area (Å²) < 4.78 is 0. The molecule has 2 aliphatic heterocycles. The highest BCUT2D eigenvalue weighted by molar-refractivity contribution is 7.11. The molecule has 3 unspecified atom stereocenters. The molecule has 0 saturated carbocycles. The van der Waals surface area contributed by atoms with E-state index in [2.05, 4.69) is 15.3 Å². The van der Waals surface area contributed by atoms with Crippen molar-refractivity contribution in [2.24, 2.45) is 21.9 Å². The Morgan fingerprint density at radius 1 is 1.23 bits per heavy atom. The van der Waals surface area contributed by atoms with Gasteiger partial charge in [0.1, 0.15) is 6.04 Å². The number of aryl methyl sites for hydroxylation is 1. The molecule has 0 radical (unpaired) electrons.